The van der Waals surface area contributed by atoms with E-state index in [1.165, 1.54) is 0 Å². The summed E-state index contributed by atoms with van der Waals surface area (Å²) in [6, 6.07) is 3.84. The van der Waals surface area contributed by atoms with Gasteiger partial charge in [0, 0.05) is 13.1 Å². The Morgan fingerprint density at radius 2 is 1.71 bits per heavy atom. The van der Waals surface area contributed by atoms with Gasteiger partial charge in [-0.25, -0.2) is 8.42 Å². The highest BCUT2D eigenvalue weighted by Crippen LogP contribution is 2.25. The lowest BCUT2D eigenvalue weighted by atomic mass is 10.1. The van der Waals surface area contributed by atoms with Crippen molar-refractivity contribution in [1.29, 1.82) is 0 Å². The van der Waals surface area contributed by atoms with E-state index in [9.17, 15) is 13.2 Å². The molecule has 1 aromatic carbocycles. The van der Waals surface area contributed by atoms with Crippen LogP contribution in [0.25, 0.3) is 0 Å². The second-order valence-electron chi connectivity index (χ2n) is 7.92. The number of rotatable bonds is 7. The van der Waals surface area contributed by atoms with Crippen LogP contribution in [-0.4, -0.2) is 69.3 Å². The van der Waals surface area contributed by atoms with Gasteiger partial charge in [0.2, 0.25) is 10.0 Å². The molecule has 0 aromatic heterocycles. The lowest BCUT2D eigenvalue weighted by molar-refractivity contribution is -0.896. The second kappa shape index (κ2) is 9.20. The van der Waals surface area contributed by atoms with E-state index in [0.717, 1.165) is 27.2 Å². The van der Waals surface area contributed by atoms with Gasteiger partial charge in [-0.05, 0) is 45.7 Å². The molecule has 1 aromatic rings. The minimum Gasteiger partial charge on any atom is -0.334 e. The molecule has 1 N–H and O–H groups in total. The number of likely N-dealkylation sites (N-methyl/N-ethyl adjacent to an activating group) is 1. The second-order valence-corrected chi connectivity index (χ2v) is 9.80. The maximum Gasteiger partial charge on any atom is 0.278 e. The maximum absolute atomic E-state index is 13.2. The third-order valence-corrected chi connectivity index (χ3v) is 7.43. The molecule has 7 heteroatoms. The summed E-state index contributed by atoms with van der Waals surface area (Å²) in [5.41, 5.74) is 3.61. The van der Waals surface area contributed by atoms with Gasteiger partial charge in [-0.2, -0.15) is 4.31 Å². The number of sulfonamides is 1. The number of carbonyl (C=O) groups excluding carboxylic acids is 1. The Morgan fingerprint density at radius 1 is 1.18 bits per heavy atom. The van der Waals surface area contributed by atoms with Crippen molar-refractivity contribution >= 4 is 15.9 Å². The van der Waals surface area contributed by atoms with Crippen molar-refractivity contribution in [2.45, 2.75) is 39.5 Å². The quantitative estimate of drug-likeness (QED) is 0.683. The van der Waals surface area contributed by atoms with Crippen molar-refractivity contribution in [1.82, 2.24) is 9.21 Å². The Hall–Kier alpha value is -1.70. The van der Waals surface area contributed by atoms with Gasteiger partial charge in [0.15, 0.2) is 6.54 Å². The van der Waals surface area contributed by atoms with Crippen molar-refractivity contribution in [2.75, 3.05) is 45.8 Å². The molecular weight excluding hydrogens is 374 g/mol. The number of nitrogens with zero attached hydrogens (tertiary/aromatic N) is 2. The average molecular weight is 409 g/mol. The van der Waals surface area contributed by atoms with Crippen LogP contribution in [0.15, 0.2) is 29.2 Å². The zero-order valence-corrected chi connectivity index (χ0v) is 18.7. The van der Waals surface area contributed by atoms with Gasteiger partial charge in [-0.1, -0.05) is 29.8 Å². The molecule has 0 unspecified atom stereocenters. The van der Waals surface area contributed by atoms with Crippen LogP contribution in [0.5, 0.6) is 0 Å². The molecule has 0 spiro atoms. The first kappa shape index (κ1) is 22.6. The van der Waals surface area contributed by atoms with Gasteiger partial charge in [-0.15, -0.1) is 0 Å². The van der Waals surface area contributed by atoms with Crippen LogP contribution in [0.3, 0.4) is 0 Å². The van der Waals surface area contributed by atoms with Crippen molar-refractivity contribution in [3.05, 3.63) is 41.0 Å². The van der Waals surface area contributed by atoms with E-state index in [2.05, 4.69) is 6.58 Å². The molecule has 1 saturated heterocycles. The first-order valence-corrected chi connectivity index (χ1v) is 11.3. The maximum atomic E-state index is 13.2. The summed E-state index contributed by atoms with van der Waals surface area (Å²) in [4.78, 5) is 15.9. The minimum atomic E-state index is -3.52. The molecule has 0 aliphatic carbocycles. The lowest BCUT2D eigenvalue weighted by Gasteiger charge is -2.33. The van der Waals surface area contributed by atoms with E-state index in [4.69, 9.17) is 0 Å². The molecule has 0 radical (unpaired) electrons. The molecule has 1 fully saturated rings. The third kappa shape index (κ3) is 5.21. The summed E-state index contributed by atoms with van der Waals surface area (Å²) in [6.07, 6.45) is 0. The standard InChI is InChI=1S/C21H33N3O3S/c1-7-23(14-16(2)3)20(25)15-22-8-10-24(11-9-22)28(26,27)21-18(5)12-17(4)13-19(21)6/h12-13H,2,7-11,14-15H2,1,3-6H3/p+1. The lowest BCUT2D eigenvalue weighted by Crippen LogP contribution is -3.15. The Bertz CT molecular complexity index is 817. The Kier molecular flexibility index (Phi) is 7.42. The molecule has 1 aliphatic rings. The summed E-state index contributed by atoms with van der Waals surface area (Å²) in [5.74, 6) is 0.0991. The highest BCUT2D eigenvalue weighted by atomic mass is 32.2. The highest BCUT2D eigenvalue weighted by molar-refractivity contribution is 7.89. The van der Waals surface area contributed by atoms with E-state index >= 15 is 0 Å². The van der Waals surface area contributed by atoms with E-state index in [0.29, 0.717) is 50.7 Å². The molecular formula is C21H34N3O3S+. The van der Waals surface area contributed by atoms with Crippen LogP contribution in [0.1, 0.15) is 30.5 Å². The predicted octanol–water partition coefficient (Wildman–Crippen LogP) is 0.926. The monoisotopic (exact) mass is 408 g/mol. The van der Waals surface area contributed by atoms with Crippen LogP contribution >= 0.6 is 0 Å². The molecule has 1 heterocycles. The van der Waals surface area contributed by atoms with Crippen LogP contribution < -0.4 is 4.90 Å². The fraction of sp³-hybridized carbons (Fsp3) is 0.571. The number of aryl methyl sites for hydroxylation is 3. The summed E-state index contributed by atoms with van der Waals surface area (Å²) < 4.78 is 27.9. The summed E-state index contributed by atoms with van der Waals surface area (Å²) in [6.45, 7) is 17.2. The molecule has 2 rings (SSSR count). The van der Waals surface area contributed by atoms with Crippen LogP contribution in [0.2, 0.25) is 0 Å². The van der Waals surface area contributed by atoms with Crippen LogP contribution in [0.4, 0.5) is 0 Å². The smallest absolute Gasteiger partial charge is 0.278 e. The normalized spacial score (nSPS) is 16.2. The topological polar surface area (TPSA) is 62.1 Å². The van der Waals surface area contributed by atoms with Gasteiger partial charge in [-0.3, -0.25) is 4.79 Å². The van der Waals surface area contributed by atoms with Crippen molar-refractivity contribution in [3.63, 3.8) is 0 Å². The van der Waals surface area contributed by atoms with Crippen LogP contribution in [0, 0.1) is 20.8 Å². The number of amides is 1. The number of piperazine rings is 1. The molecule has 1 amide bonds. The number of carbonyl (C=O) groups is 1. The number of hydrogen-bond donors (Lipinski definition) is 1. The van der Waals surface area contributed by atoms with Crippen molar-refractivity contribution in [2.24, 2.45) is 0 Å². The number of hydrogen-bond acceptors (Lipinski definition) is 3. The highest BCUT2D eigenvalue weighted by Gasteiger charge is 2.33. The van der Waals surface area contributed by atoms with Gasteiger partial charge in [0.25, 0.3) is 5.91 Å². The Labute approximate surface area is 169 Å². The predicted molar refractivity (Wildman–Crippen MR) is 112 cm³/mol. The fourth-order valence-electron chi connectivity index (χ4n) is 3.95. The SMILES string of the molecule is C=C(C)CN(CC)C(=O)C[NH+]1CCN(S(=O)(=O)c2c(C)cc(C)cc2C)CC1. The number of benzene rings is 1. The van der Waals surface area contributed by atoms with Gasteiger partial charge in [0.05, 0.1) is 31.1 Å². The first-order valence-electron chi connectivity index (χ1n) is 9.90. The Morgan fingerprint density at radius 3 is 2.18 bits per heavy atom. The molecule has 156 valence electrons. The van der Waals surface area contributed by atoms with E-state index in [1.807, 2.05) is 46.8 Å². The van der Waals surface area contributed by atoms with E-state index < -0.39 is 10.0 Å². The molecule has 28 heavy (non-hydrogen) atoms. The molecule has 0 bridgehead atoms. The summed E-state index contributed by atoms with van der Waals surface area (Å²) in [7, 11) is -3.52. The van der Waals surface area contributed by atoms with Crippen LogP contribution in [-0.2, 0) is 14.8 Å². The molecule has 0 saturated carbocycles. The van der Waals surface area contributed by atoms with Gasteiger partial charge in [0.1, 0.15) is 0 Å². The largest absolute Gasteiger partial charge is 0.334 e. The minimum absolute atomic E-state index is 0.0991. The zero-order chi connectivity index (χ0) is 21.1. The van der Waals surface area contributed by atoms with E-state index in [1.54, 1.807) is 9.21 Å². The number of quaternary nitrogens is 1. The van der Waals surface area contributed by atoms with Gasteiger partial charge >= 0.3 is 0 Å². The van der Waals surface area contributed by atoms with Gasteiger partial charge < -0.3 is 9.80 Å². The van der Waals surface area contributed by atoms with E-state index in [-0.39, 0.29) is 5.91 Å². The Balaban J connectivity index is 2.03. The summed E-state index contributed by atoms with van der Waals surface area (Å²) in [5, 5.41) is 0. The first-order chi connectivity index (χ1) is 13.1. The molecule has 1 aliphatic heterocycles. The summed E-state index contributed by atoms with van der Waals surface area (Å²) >= 11 is 0. The van der Waals surface area contributed by atoms with Crippen molar-refractivity contribution in [3.8, 4) is 0 Å². The molecule has 0 atom stereocenters. The average Bonchev–Trinajstić information content (AvgIpc) is 2.58. The third-order valence-electron chi connectivity index (χ3n) is 5.23. The molecule has 6 nitrogen and oxygen atoms in total. The van der Waals surface area contributed by atoms with Crippen molar-refractivity contribution < 1.29 is 18.1 Å². The zero-order valence-electron chi connectivity index (χ0n) is 17.8. The number of nitrogens with one attached hydrogen (secondary N) is 1. The fourth-order valence-corrected chi connectivity index (χ4v) is 5.80.